The Bertz CT molecular complexity index is 711. The molecule has 0 heterocycles. The fourth-order valence-corrected chi connectivity index (χ4v) is 2.57. The van der Waals surface area contributed by atoms with E-state index in [0.29, 0.717) is 17.3 Å². The number of aliphatic hydroxyl groups is 1. The number of aliphatic hydroxyl groups excluding tert-OH is 1. The monoisotopic (exact) mass is 394 g/mol. The molecule has 0 aromatic heterocycles. The van der Waals surface area contributed by atoms with Gasteiger partial charge in [-0.1, -0.05) is 43.7 Å². The summed E-state index contributed by atoms with van der Waals surface area (Å²) in [5.41, 5.74) is 7.48. The summed E-state index contributed by atoms with van der Waals surface area (Å²) in [7, 11) is 1.22. The summed E-state index contributed by atoms with van der Waals surface area (Å²) in [6.07, 6.45) is -1.35. The lowest BCUT2D eigenvalue weighted by Gasteiger charge is -2.23. The largest absolute Gasteiger partial charge is 0.467 e. The van der Waals surface area contributed by atoms with Gasteiger partial charge in [-0.05, 0) is 31.7 Å². The zero-order valence-corrected chi connectivity index (χ0v) is 17.0. The second-order valence-corrected chi connectivity index (χ2v) is 7.24. The standard InChI is InChI=1S/C20H31N3O5/c1-11(2)10-15(20(27)28-5)23-18(25)13(4)22-19(26)17(24)16(21)14-8-6-12(3)7-9-14/h6-9,11,13,15-17,24H,10,21H2,1-5H3,(H,22,26)(H,23,25)/t13-,15+,16-,17+/m1/s1/i/hD. The average Bonchev–Trinajstić information content (AvgIpc) is 2.69. The highest BCUT2D eigenvalue weighted by Crippen LogP contribution is 2.15. The highest BCUT2D eigenvalue weighted by molar-refractivity contribution is 5.91. The van der Waals surface area contributed by atoms with Crippen molar-refractivity contribution in [2.75, 3.05) is 7.11 Å². The predicted octanol–water partition coefficient (Wildman–Crippen LogP) is 0.564. The third kappa shape index (κ3) is 6.94. The van der Waals surface area contributed by atoms with Gasteiger partial charge in [-0.15, -0.1) is 0 Å². The summed E-state index contributed by atoms with van der Waals surface area (Å²) in [4.78, 5) is 36.8. The van der Waals surface area contributed by atoms with E-state index in [1.807, 2.05) is 20.8 Å². The van der Waals surface area contributed by atoms with Gasteiger partial charge in [0.25, 0.3) is 5.91 Å². The molecule has 0 aliphatic rings. The van der Waals surface area contributed by atoms with E-state index in [1.54, 1.807) is 24.3 Å². The minimum absolute atomic E-state index is 0.109. The summed E-state index contributed by atoms with van der Waals surface area (Å²) in [6.45, 7) is 6.99. The topological polar surface area (TPSA) is 131 Å². The molecule has 2 amide bonds. The maximum atomic E-state index is 12.5. The van der Waals surface area contributed by atoms with Crippen LogP contribution in [0.3, 0.4) is 0 Å². The van der Waals surface area contributed by atoms with Gasteiger partial charge in [0.05, 0.1) is 13.2 Å². The van der Waals surface area contributed by atoms with Crippen molar-refractivity contribution >= 4 is 17.8 Å². The number of rotatable bonds is 9. The number of carbonyl (C=O) groups is 3. The first kappa shape index (κ1) is 21.8. The number of nitrogens with two attached hydrogens (primary N) is 1. The van der Waals surface area contributed by atoms with Crippen molar-refractivity contribution in [3.05, 3.63) is 35.4 Å². The first-order valence-corrected chi connectivity index (χ1v) is 9.19. The van der Waals surface area contributed by atoms with Crippen LogP contribution >= 0.6 is 0 Å². The Labute approximate surface area is 167 Å². The van der Waals surface area contributed by atoms with Crippen LogP contribution in [0, 0.1) is 12.8 Å². The van der Waals surface area contributed by atoms with Gasteiger partial charge < -0.3 is 26.2 Å². The molecule has 156 valence electrons. The van der Waals surface area contributed by atoms with Crippen LogP contribution in [0.1, 0.15) is 44.4 Å². The molecule has 1 aromatic rings. The van der Waals surface area contributed by atoms with Crippen molar-refractivity contribution in [2.45, 2.75) is 58.3 Å². The predicted molar refractivity (Wildman–Crippen MR) is 105 cm³/mol. The number of esters is 1. The second kappa shape index (κ2) is 10.8. The number of carbonyl (C=O) groups excluding carboxylic acids is 3. The van der Waals surface area contributed by atoms with Crippen molar-refractivity contribution in [1.29, 1.82) is 0 Å². The van der Waals surface area contributed by atoms with E-state index in [4.69, 9.17) is 11.9 Å². The average molecular weight is 394 g/mol. The van der Waals surface area contributed by atoms with Crippen LogP contribution in [-0.2, 0) is 19.1 Å². The smallest absolute Gasteiger partial charge is 0.328 e. The highest BCUT2D eigenvalue weighted by atomic mass is 16.5. The quantitative estimate of drug-likeness (QED) is 0.453. The maximum Gasteiger partial charge on any atom is 0.328 e. The Morgan fingerprint density at radius 2 is 1.75 bits per heavy atom. The molecule has 0 saturated carbocycles. The number of aryl methyl sites for hydroxylation is 1. The van der Waals surface area contributed by atoms with Crippen LogP contribution in [0.25, 0.3) is 0 Å². The Balaban J connectivity index is 2.82. The highest BCUT2D eigenvalue weighted by Gasteiger charge is 2.29. The van der Waals surface area contributed by atoms with Crippen LogP contribution in [0.15, 0.2) is 24.3 Å². The number of nitrogens with one attached hydrogen (secondary N) is 2. The molecule has 1 aromatic carbocycles. The number of amides is 2. The van der Waals surface area contributed by atoms with Crippen LogP contribution in [0.4, 0.5) is 0 Å². The first-order chi connectivity index (χ1) is 13.5. The molecule has 0 radical (unpaired) electrons. The summed E-state index contributed by atoms with van der Waals surface area (Å²) >= 11 is 0. The van der Waals surface area contributed by atoms with E-state index in [0.717, 1.165) is 5.56 Å². The van der Waals surface area contributed by atoms with E-state index in [1.165, 1.54) is 14.0 Å². The molecule has 0 fully saturated rings. The number of methoxy groups -OCH3 is 1. The molecule has 0 bridgehead atoms. The zero-order valence-electron chi connectivity index (χ0n) is 18.0. The van der Waals surface area contributed by atoms with Gasteiger partial charge in [0, 0.05) is 0 Å². The van der Waals surface area contributed by atoms with Gasteiger partial charge in [0.2, 0.25) is 5.91 Å². The van der Waals surface area contributed by atoms with E-state index in [9.17, 15) is 19.5 Å². The molecule has 8 nitrogen and oxygen atoms in total. The van der Waals surface area contributed by atoms with Crippen LogP contribution < -0.4 is 16.4 Å². The SMILES string of the molecule is [2H]N(C(=O)[C@@H](O)[C@H](N)c1ccc(C)cc1)[C@H](C)C(=O)N[C@@H](CC(C)C)C(=O)OC. The van der Waals surface area contributed by atoms with Crippen molar-refractivity contribution in [3.8, 4) is 0 Å². The Morgan fingerprint density at radius 3 is 2.25 bits per heavy atom. The fraction of sp³-hybridized carbons (Fsp3) is 0.550. The van der Waals surface area contributed by atoms with Crippen molar-refractivity contribution in [3.63, 3.8) is 0 Å². The van der Waals surface area contributed by atoms with E-state index < -0.39 is 42.0 Å². The molecule has 28 heavy (non-hydrogen) atoms. The van der Waals surface area contributed by atoms with Crippen molar-refractivity contribution in [1.82, 2.24) is 10.6 Å². The Morgan fingerprint density at radius 1 is 1.18 bits per heavy atom. The molecule has 0 aliphatic carbocycles. The van der Waals surface area contributed by atoms with E-state index in [2.05, 4.69) is 5.32 Å². The fourth-order valence-electron chi connectivity index (χ4n) is 2.57. The molecule has 4 atom stereocenters. The number of hydrogen-bond acceptors (Lipinski definition) is 6. The molecular formula is C20H31N3O5. The van der Waals surface area contributed by atoms with Crippen LogP contribution in [-0.4, -0.2) is 48.2 Å². The third-order valence-corrected chi connectivity index (χ3v) is 4.27. The van der Waals surface area contributed by atoms with Gasteiger partial charge >= 0.3 is 5.97 Å². The van der Waals surface area contributed by atoms with Gasteiger partial charge in [0.15, 0.2) is 7.52 Å². The minimum atomic E-state index is -1.70. The van der Waals surface area contributed by atoms with Gasteiger partial charge in [-0.3, -0.25) is 9.59 Å². The molecule has 0 spiro atoms. The van der Waals surface area contributed by atoms with Crippen LogP contribution in [0.2, 0.25) is 1.41 Å². The number of hydrogen-bond donors (Lipinski definition) is 4. The third-order valence-electron chi connectivity index (χ3n) is 4.27. The van der Waals surface area contributed by atoms with Crippen molar-refractivity contribution in [2.24, 2.45) is 11.7 Å². The normalized spacial score (nSPS) is 15.8. The van der Waals surface area contributed by atoms with E-state index >= 15 is 0 Å². The van der Waals surface area contributed by atoms with Gasteiger partial charge in [-0.2, -0.15) is 0 Å². The molecule has 1 rings (SSSR count). The molecule has 8 heteroatoms. The zero-order chi connectivity index (χ0) is 22.3. The summed E-state index contributed by atoms with van der Waals surface area (Å²) in [5, 5.41) is 13.2. The summed E-state index contributed by atoms with van der Waals surface area (Å²) in [5.74, 6) is -2.22. The van der Waals surface area contributed by atoms with E-state index in [-0.39, 0.29) is 5.92 Å². The number of ether oxygens (including phenoxy) is 1. The summed E-state index contributed by atoms with van der Waals surface area (Å²) < 4.78 is 12.7. The Hall–Kier alpha value is -2.45. The molecule has 5 N–H and O–H groups in total. The van der Waals surface area contributed by atoms with Gasteiger partial charge in [0.1, 0.15) is 12.1 Å². The van der Waals surface area contributed by atoms with Crippen LogP contribution in [0.5, 0.6) is 0 Å². The minimum Gasteiger partial charge on any atom is -0.467 e. The number of benzene rings is 1. The summed E-state index contributed by atoms with van der Waals surface area (Å²) in [6, 6.07) is 3.78. The Kier molecular flexibility index (Phi) is 8.41. The molecule has 0 aliphatic heterocycles. The second-order valence-electron chi connectivity index (χ2n) is 7.24. The lowest BCUT2D eigenvalue weighted by molar-refractivity contribution is -0.145. The molecule has 0 unspecified atom stereocenters. The lowest BCUT2D eigenvalue weighted by atomic mass is 10.0. The van der Waals surface area contributed by atoms with Crippen molar-refractivity contribution < 1.29 is 25.6 Å². The molecular weight excluding hydrogens is 362 g/mol. The van der Waals surface area contributed by atoms with Gasteiger partial charge in [-0.25, -0.2) is 4.79 Å². The molecule has 0 saturated heterocycles. The maximum absolute atomic E-state index is 12.5. The lowest BCUT2D eigenvalue weighted by Crippen LogP contribution is -2.53. The first-order valence-electron chi connectivity index (χ1n) is 9.64.